The van der Waals surface area contributed by atoms with E-state index in [0.29, 0.717) is 0 Å². The normalized spacial score (nSPS) is 0. The van der Waals surface area contributed by atoms with Crippen LogP contribution in [0.5, 0.6) is 0 Å². The fourth-order valence-corrected chi connectivity index (χ4v) is 0. The van der Waals surface area contributed by atoms with E-state index < -0.39 is 0 Å². The standard InChI is InChI=1S/Cs.La.H3P.V/h;;1H3;. The van der Waals surface area contributed by atoms with Crippen molar-refractivity contribution in [2.24, 2.45) is 0 Å². The molecule has 0 saturated heterocycles. The third-order valence-corrected chi connectivity index (χ3v) is 0. The van der Waals surface area contributed by atoms with Crippen molar-refractivity contribution in [1.82, 2.24) is 0 Å². The summed E-state index contributed by atoms with van der Waals surface area (Å²) in [5.74, 6) is 0. The van der Waals surface area contributed by atoms with Gasteiger partial charge in [-0.05, 0) is 0 Å². The van der Waals surface area contributed by atoms with Gasteiger partial charge in [0.05, 0.1) is 0 Å². The molecule has 3 radical (unpaired) electrons. The molecule has 0 aromatic rings. The van der Waals surface area contributed by atoms with Crippen LogP contribution in [0, 0.1) is 35.6 Å². The van der Waals surface area contributed by atoms with Gasteiger partial charge in [0, 0.05) is 123 Å². The van der Waals surface area contributed by atoms with E-state index in [-0.39, 0.29) is 133 Å². The molecule has 0 amide bonds. The summed E-state index contributed by atoms with van der Waals surface area (Å²) in [7, 11) is 0. The summed E-state index contributed by atoms with van der Waals surface area (Å²) in [6, 6.07) is 0. The van der Waals surface area contributed by atoms with E-state index in [0.717, 1.165) is 0 Å². The van der Waals surface area contributed by atoms with Crippen LogP contribution in [0.4, 0.5) is 0 Å². The van der Waals surface area contributed by atoms with Gasteiger partial charge in [0.15, 0.2) is 0 Å². The van der Waals surface area contributed by atoms with Crippen molar-refractivity contribution < 1.29 is 54.2 Å². The molecular formula is H3CsLaPV. The first-order valence-electron chi connectivity index (χ1n) is 0. The average molecular weight is 357 g/mol. The smallest absolute Gasteiger partial charge is 0 e. The molecule has 1 atom stereocenters. The molecule has 0 rings (SSSR count). The fraction of sp³-hybridized carbons (Fsp3) is 0. The predicted molar refractivity (Wildman–Crippen MR) is 16.9 cm³/mol. The first kappa shape index (κ1) is 24.0. The third kappa shape index (κ3) is 9.54. The summed E-state index contributed by atoms with van der Waals surface area (Å²) < 4.78 is 0. The van der Waals surface area contributed by atoms with Crippen LogP contribution in [-0.4, -0.2) is 68.9 Å². The Morgan fingerprint density at radius 2 is 1.00 bits per heavy atom. The molecule has 0 spiro atoms. The van der Waals surface area contributed by atoms with Crippen molar-refractivity contribution in [2.75, 3.05) is 0 Å². The number of hydrogen-bond acceptors (Lipinski definition) is 0. The van der Waals surface area contributed by atoms with Gasteiger partial charge in [0.2, 0.25) is 0 Å². The van der Waals surface area contributed by atoms with Crippen molar-refractivity contribution in [3.05, 3.63) is 0 Å². The Bertz CT molecular complexity index is 8.00. The van der Waals surface area contributed by atoms with Crippen LogP contribution in [0.25, 0.3) is 0 Å². The van der Waals surface area contributed by atoms with Crippen LogP contribution >= 0.6 is 9.90 Å². The summed E-state index contributed by atoms with van der Waals surface area (Å²) >= 11 is 0. The van der Waals surface area contributed by atoms with Crippen LogP contribution in [0.3, 0.4) is 0 Å². The Labute approximate surface area is 129 Å². The zero-order chi connectivity index (χ0) is 0. The molecule has 0 nitrogen and oxygen atoms in total. The zero-order valence-corrected chi connectivity index (χ0v) is 15.4. The Hall–Kier alpha value is 4.26. The first-order valence-corrected chi connectivity index (χ1v) is 0. The third-order valence-electron chi connectivity index (χ3n) is 0. The van der Waals surface area contributed by atoms with E-state index in [9.17, 15) is 0 Å². The molecule has 0 bridgehead atoms. The molecule has 0 heterocycles. The fourth-order valence-electron chi connectivity index (χ4n) is 0. The van der Waals surface area contributed by atoms with Crippen LogP contribution in [0.15, 0.2) is 0 Å². The van der Waals surface area contributed by atoms with Crippen molar-refractivity contribution >= 4 is 78.8 Å². The Balaban J connectivity index is 0. The van der Waals surface area contributed by atoms with Gasteiger partial charge >= 0.3 is 0 Å². The molecule has 0 aliphatic rings. The van der Waals surface area contributed by atoms with E-state index in [4.69, 9.17) is 0 Å². The van der Waals surface area contributed by atoms with Gasteiger partial charge in [0.25, 0.3) is 0 Å². The Morgan fingerprint density at radius 1 is 1.00 bits per heavy atom. The summed E-state index contributed by atoms with van der Waals surface area (Å²) in [6.07, 6.45) is 0. The minimum absolute atomic E-state index is 0. The molecule has 0 saturated carbocycles. The second-order valence-corrected chi connectivity index (χ2v) is 0. The number of hydrogen-bond donors (Lipinski definition) is 0. The summed E-state index contributed by atoms with van der Waals surface area (Å²) in [4.78, 5) is 0. The van der Waals surface area contributed by atoms with Gasteiger partial charge in [0.1, 0.15) is 0 Å². The second kappa shape index (κ2) is 15.7. The van der Waals surface area contributed by atoms with Crippen LogP contribution in [-0.2, 0) is 18.6 Å². The Kier molecular flexibility index (Phi) is 94.0. The second-order valence-electron chi connectivity index (χ2n) is 0. The zero-order valence-electron chi connectivity index (χ0n) is 2.73. The van der Waals surface area contributed by atoms with E-state index in [1.54, 1.807) is 0 Å². The maximum absolute atomic E-state index is 0. The summed E-state index contributed by atoms with van der Waals surface area (Å²) in [6.45, 7) is 0. The van der Waals surface area contributed by atoms with Crippen molar-refractivity contribution in [3.8, 4) is 0 Å². The topological polar surface area (TPSA) is 0 Å². The molecule has 0 aliphatic heterocycles. The molecule has 0 fully saturated rings. The number of rotatable bonds is 0. The van der Waals surface area contributed by atoms with Gasteiger partial charge in [-0.25, -0.2) is 0 Å². The maximum Gasteiger partial charge on any atom is 0 e. The van der Waals surface area contributed by atoms with E-state index in [2.05, 4.69) is 0 Å². The van der Waals surface area contributed by atoms with Crippen molar-refractivity contribution in [1.29, 1.82) is 0 Å². The van der Waals surface area contributed by atoms with E-state index in [1.807, 2.05) is 0 Å². The van der Waals surface area contributed by atoms with Gasteiger partial charge < -0.3 is 0 Å². The summed E-state index contributed by atoms with van der Waals surface area (Å²) in [5, 5.41) is 0. The van der Waals surface area contributed by atoms with Crippen LogP contribution in [0.2, 0.25) is 0 Å². The van der Waals surface area contributed by atoms with Crippen molar-refractivity contribution in [3.63, 3.8) is 0 Å². The average Bonchev–Trinajstić information content (AvgIpc) is 0. The molecule has 4 heteroatoms. The van der Waals surface area contributed by atoms with Gasteiger partial charge in [-0.3, -0.25) is 0 Å². The molecule has 1 unspecified atom stereocenters. The van der Waals surface area contributed by atoms with Gasteiger partial charge in [-0.1, -0.05) is 0 Å². The van der Waals surface area contributed by atoms with Gasteiger partial charge in [-0.2, -0.15) is 9.90 Å². The molecular weight excluding hydrogens is 354 g/mol. The Morgan fingerprint density at radius 3 is 1.00 bits per heavy atom. The molecule has 0 N–H and O–H groups in total. The quantitative estimate of drug-likeness (QED) is 0.522. The monoisotopic (exact) mass is 357 g/mol. The minimum atomic E-state index is 0. The van der Waals surface area contributed by atoms with Crippen LogP contribution in [0.1, 0.15) is 0 Å². The van der Waals surface area contributed by atoms with Crippen LogP contribution < -0.4 is 0 Å². The van der Waals surface area contributed by atoms with Crippen molar-refractivity contribution in [2.45, 2.75) is 0 Å². The van der Waals surface area contributed by atoms with E-state index in [1.165, 1.54) is 0 Å². The molecule has 0 aromatic heterocycles. The maximum atomic E-state index is 0. The molecule has 0 aromatic carbocycles. The molecule has 0 aliphatic carbocycles. The summed E-state index contributed by atoms with van der Waals surface area (Å²) in [5.41, 5.74) is 0. The SMILES string of the molecule is P.[Cs].[La].[V]. The largest absolute Gasteiger partial charge is 0.153 e. The minimum Gasteiger partial charge on any atom is -0.153 e. The predicted octanol–water partition coefficient (Wildman–Crippen LogP) is -0.325. The molecule has 4 heavy (non-hydrogen) atoms. The molecule has 17 valence electrons. The van der Waals surface area contributed by atoms with Gasteiger partial charge in [-0.15, -0.1) is 0 Å². The van der Waals surface area contributed by atoms with E-state index >= 15 is 0 Å². The first-order chi connectivity index (χ1) is 0.